The highest BCUT2D eigenvalue weighted by molar-refractivity contribution is 5.75. The lowest BCUT2D eigenvalue weighted by Gasteiger charge is -2.14. The van der Waals surface area contributed by atoms with Gasteiger partial charge in [0.05, 0.1) is 0 Å². The first-order chi connectivity index (χ1) is 7.20. The standard InChI is InChI=1S/C12H22O3/c1-3-4-5-8-12(15-10-13)9-6-7-11(2)14/h10,12H,3-9H2,1-2H3/t12-/m0/s1. The second-order valence-electron chi connectivity index (χ2n) is 3.94. The Hall–Kier alpha value is -0.860. The van der Waals surface area contributed by atoms with E-state index in [1.807, 2.05) is 0 Å². The Morgan fingerprint density at radius 2 is 1.93 bits per heavy atom. The average Bonchev–Trinajstić information content (AvgIpc) is 2.17. The SMILES string of the molecule is CCCCC[C@@H](CCCC(C)=O)OC=O. The molecule has 1 atom stereocenters. The normalized spacial score (nSPS) is 12.1. The van der Waals surface area contributed by atoms with Crippen LogP contribution in [0.25, 0.3) is 0 Å². The van der Waals surface area contributed by atoms with E-state index in [-0.39, 0.29) is 11.9 Å². The van der Waals surface area contributed by atoms with Crippen molar-refractivity contribution in [1.82, 2.24) is 0 Å². The van der Waals surface area contributed by atoms with Crippen LogP contribution in [0.15, 0.2) is 0 Å². The molecule has 0 aliphatic carbocycles. The van der Waals surface area contributed by atoms with Crippen molar-refractivity contribution in [2.75, 3.05) is 0 Å². The van der Waals surface area contributed by atoms with Gasteiger partial charge in [-0.2, -0.15) is 0 Å². The van der Waals surface area contributed by atoms with Gasteiger partial charge in [0.25, 0.3) is 6.47 Å². The van der Waals surface area contributed by atoms with Crippen molar-refractivity contribution in [2.45, 2.75) is 64.9 Å². The van der Waals surface area contributed by atoms with Crippen molar-refractivity contribution in [3.8, 4) is 0 Å². The van der Waals surface area contributed by atoms with Crippen LogP contribution in [-0.2, 0) is 14.3 Å². The van der Waals surface area contributed by atoms with Crippen LogP contribution in [0.2, 0.25) is 0 Å². The number of hydrogen-bond donors (Lipinski definition) is 0. The second kappa shape index (κ2) is 9.69. The van der Waals surface area contributed by atoms with Crippen LogP contribution >= 0.6 is 0 Å². The van der Waals surface area contributed by atoms with Crippen molar-refractivity contribution in [3.05, 3.63) is 0 Å². The van der Waals surface area contributed by atoms with Crippen molar-refractivity contribution in [3.63, 3.8) is 0 Å². The summed E-state index contributed by atoms with van der Waals surface area (Å²) in [6.07, 6.45) is 6.58. The molecule has 0 N–H and O–H groups in total. The van der Waals surface area contributed by atoms with Crippen LogP contribution in [0.1, 0.15) is 58.8 Å². The summed E-state index contributed by atoms with van der Waals surface area (Å²) in [7, 11) is 0. The Morgan fingerprint density at radius 3 is 2.47 bits per heavy atom. The minimum Gasteiger partial charge on any atom is -0.465 e. The van der Waals surface area contributed by atoms with E-state index in [2.05, 4.69) is 6.92 Å². The maximum Gasteiger partial charge on any atom is 0.293 e. The number of ether oxygens (including phenoxy) is 1. The van der Waals surface area contributed by atoms with Gasteiger partial charge in [0.2, 0.25) is 0 Å². The minimum atomic E-state index is 0.00778. The molecule has 0 aromatic heterocycles. The van der Waals surface area contributed by atoms with E-state index in [1.165, 1.54) is 12.8 Å². The Bertz CT molecular complexity index is 178. The fourth-order valence-corrected chi connectivity index (χ4v) is 1.56. The quantitative estimate of drug-likeness (QED) is 0.415. The monoisotopic (exact) mass is 214 g/mol. The summed E-state index contributed by atoms with van der Waals surface area (Å²) in [5.74, 6) is 0.202. The summed E-state index contributed by atoms with van der Waals surface area (Å²) in [6, 6.07) is 0. The van der Waals surface area contributed by atoms with E-state index in [0.717, 1.165) is 25.7 Å². The molecular weight excluding hydrogens is 192 g/mol. The molecule has 3 nitrogen and oxygen atoms in total. The highest BCUT2D eigenvalue weighted by atomic mass is 16.5. The lowest BCUT2D eigenvalue weighted by atomic mass is 10.0. The van der Waals surface area contributed by atoms with Crippen LogP contribution in [0.3, 0.4) is 0 Å². The molecule has 88 valence electrons. The van der Waals surface area contributed by atoms with Gasteiger partial charge in [0.1, 0.15) is 11.9 Å². The highest BCUT2D eigenvalue weighted by Gasteiger charge is 2.08. The summed E-state index contributed by atoms with van der Waals surface area (Å²) >= 11 is 0. The molecular formula is C12H22O3. The Labute approximate surface area is 92.2 Å². The number of unbranched alkanes of at least 4 members (excludes halogenated alkanes) is 2. The van der Waals surface area contributed by atoms with Crippen molar-refractivity contribution < 1.29 is 14.3 Å². The van der Waals surface area contributed by atoms with Gasteiger partial charge in [0, 0.05) is 6.42 Å². The molecule has 0 heterocycles. The first-order valence-corrected chi connectivity index (χ1v) is 5.79. The predicted molar refractivity (Wildman–Crippen MR) is 59.6 cm³/mol. The van der Waals surface area contributed by atoms with E-state index in [4.69, 9.17) is 4.74 Å². The molecule has 0 fully saturated rings. The number of hydrogen-bond acceptors (Lipinski definition) is 3. The van der Waals surface area contributed by atoms with E-state index in [1.54, 1.807) is 6.92 Å². The van der Waals surface area contributed by atoms with Crippen LogP contribution in [0.4, 0.5) is 0 Å². The topological polar surface area (TPSA) is 43.4 Å². The Balaban J connectivity index is 3.62. The minimum absolute atomic E-state index is 0.00778. The molecule has 0 amide bonds. The zero-order valence-corrected chi connectivity index (χ0v) is 9.83. The predicted octanol–water partition coefficient (Wildman–Crippen LogP) is 2.87. The summed E-state index contributed by atoms with van der Waals surface area (Å²) in [6.45, 7) is 4.25. The van der Waals surface area contributed by atoms with Crippen LogP contribution in [-0.4, -0.2) is 18.4 Å². The van der Waals surface area contributed by atoms with Gasteiger partial charge >= 0.3 is 0 Å². The lowest BCUT2D eigenvalue weighted by Crippen LogP contribution is -2.12. The van der Waals surface area contributed by atoms with Crippen LogP contribution in [0.5, 0.6) is 0 Å². The van der Waals surface area contributed by atoms with Crippen LogP contribution < -0.4 is 0 Å². The van der Waals surface area contributed by atoms with Crippen molar-refractivity contribution in [2.24, 2.45) is 0 Å². The molecule has 0 bridgehead atoms. The molecule has 3 heteroatoms. The molecule has 0 unspecified atom stereocenters. The number of Topliss-reactive ketones (excluding diaryl/α,β-unsaturated/α-hetero) is 1. The van der Waals surface area contributed by atoms with Gasteiger partial charge < -0.3 is 9.53 Å². The number of carbonyl (C=O) groups excluding carboxylic acids is 2. The smallest absolute Gasteiger partial charge is 0.293 e. The third-order valence-electron chi connectivity index (χ3n) is 2.43. The maximum atomic E-state index is 10.7. The largest absolute Gasteiger partial charge is 0.465 e. The molecule has 0 spiro atoms. The first-order valence-electron chi connectivity index (χ1n) is 5.79. The number of carbonyl (C=O) groups is 2. The van der Waals surface area contributed by atoms with Gasteiger partial charge in [-0.3, -0.25) is 4.79 Å². The highest BCUT2D eigenvalue weighted by Crippen LogP contribution is 2.12. The zero-order chi connectivity index (χ0) is 11.5. The van der Waals surface area contributed by atoms with Gasteiger partial charge in [-0.1, -0.05) is 19.8 Å². The van der Waals surface area contributed by atoms with E-state index >= 15 is 0 Å². The number of rotatable bonds is 10. The van der Waals surface area contributed by atoms with Gasteiger partial charge in [-0.05, 0) is 32.6 Å². The molecule has 0 rings (SSSR count). The third-order valence-corrected chi connectivity index (χ3v) is 2.43. The molecule has 0 saturated carbocycles. The Morgan fingerprint density at radius 1 is 1.27 bits per heavy atom. The summed E-state index contributed by atoms with van der Waals surface area (Å²) < 4.78 is 4.98. The fraction of sp³-hybridized carbons (Fsp3) is 0.833. The molecule has 0 aliphatic rings. The molecule has 0 radical (unpaired) electrons. The third kappa shape index (κ3) is 9.44. The molecule has 15 heavy (non-hydrogen) atoms. The summed E-state index contributed by atoms with van der Waals surface area (Å²) in [4.78, 5) is 21.0. The Kier molecular flexibility index (Phi) is 9.13. The number of ketones is 1. The fourth-order valence-electron chi connectivity index (χ4n) is 1.56. The van der Waals surface area contributed by atoms with E-state index in [0.29, 0.717) is 12.9 Å². The van der Waals surface area contributed by atoms with Gasteiger partial charge in [-0.25, -0.2) is 0 Å². The average molecular weight is 214 g/mol. The van der Waals surface area contributed by atoms with Gasteiger partial charge in [-0.15, -0.1) is 0 Å². The zero-order valence-electron chi connectivity index (χ0n) is 9.83. The molecule has 0 saturated heterocycles. The molecule has 0 aliphatic heterocycles. The second-order valence-corrected chi connectivity index (χ2v) is 3.94. The first kappa shape index (κ1) is 14.1. The summed E-state index contributed by atoms with van der Waals surface area (Å²) in [5.41, 5.74) is 0. The van der Waals surface area contributed by atoms with E-state index < -0.39 is 0 Å². The summed E-state index contributed by atoms with van der Waals surface area (Å²) in [5, 5.41) is 0. The van der Waals surface area contributed by atoms with Crippen LogP contribution in [0, 0.1) is 0 Å². The van der Waals surface area contributed by atoms with Gasteiger partial charge in [0.15, 0.2) is 0 Å². The van der Waals surface area contributed by atoms with Crippen molar-refractivity contribution >= 4 is 12.3 Å². The molecule has 0 aromatic rings. The lowest BCUT2D eigenvalue weighted by molar-refractivity contribution is -0.134. The van der Waals surface area contributed by atoms with E-state index in [9.17, 15) is 9.59 Å². The molecule has 0 aromatic carbocycles. The van der Waals surface area contributed by atoms with Crippen molar-refractivity contribution in [1.29, 1.82) is 0 Å². The maximum absolute atomic E-state index is 10.7.